The second-order valence-electron chi connectivity index (χ2n) is 6.43. The molecule has 0 unspecified atom stereocenters. The first-order valence-corrected chi connectivity index (χ1v) is 9.48. The zero-order chi connectivity index (χ0) is 19.9. The summed E-state index contributed by atoms with van der Waals surface area (Å²) in [5.41, 5.74) is 1.25. The molecule has 1 aromatic heterocycles. The van der Waals surface area contributed by atoms with Gasteiger partial charge in [0.2, 0.25) is 0 Å². The molecule has 1 aliphatic rings. The number of nitrogens with one attached hydrogen (secondary N) is 1. The second kappa shape index (κ2) is 9.27. The molecule has 8 nitrogen and oxygen atoms in total. The third-order valence-corrected chi connectivity index (χ3v) is 4.67. The maximum absolute atomic E-state index is 12.4. The summed E-state index contributed by atoms with van der Waals surface area (Å²) in [6, 6.07) is 6.52. The lowest BCUT2D eigenvalue weighted by atomic mass is 10.2. The van der Waals surface area contributed by atoms with Crippen molar-refractivity contribution in [1.29, 1.82) is 0 Å². The van der Waals surface area contributed by atoms with E-state index in [2.05, 4.69) is 32.0 Å². The van der Waals surface area contributed by atoms with Crippen molar-refractivity contribution in [3.8, 4) is 0 Å². The molecule has 0 atom stereocenters. The fraction of sp³-hybridized carbons (Fsp3) is 0.400. The van der Waals surface area contributed by atoms with Crippen molar-refractivity contribution in [3.05, 3.63) is 47.9 Å². The summed E-state index contributed by atoms with van der Waals surface area (Å²) < 4.78 is 4.94. The van der Waals surface area contributed by atoms with Crippen LogP contribution in [0.3, 0.4) is 0 Å². The Labute approximate surface area is 164 Å². The van der Waals surface area contributed by atoms with Gasteiger partial charge in [-0.05, 0) is 37.7 Å². The van der Waals surface area contributed by atoms with Crippen molar-refractivity contribution < 1.29 is 14.3 Å². The Morgan fingerprint density at radius 1 is 1.04 bits per heavy atom. The lowest BCUT2D eigenvalue weighted by molar-refractivity contribution is 0.0526. The van der Waals surface area contributed by atoms with Crippen LogP contribution in [0.4, 0.5) is 11.5 Å². The van der Waals surface area contributed by atoms with Crippen LogP contribution in [0.2, 0.25) is 0 Å². The number of ether oxygens (including phenoxy) is 1. The third-order valence-electron chi connectivity index (χ3n) is 4.67. The molecule has 1 aliphatic heterocycles. The number of anilines is 2. The minimum atomic E-state index is -0.387. The van der Waals surface area contributed by atoms with Crippen molar-refractivity contribution in [3.63, 3.8) is 0 Å². The number of carbonyl (C=O) groups excluding carboxylic acids is 2. The highest BCUT2D eigenvalue weighted by atomic mass is 16.5. The summed E-state index contributed by atoms with van der Waals surface area (Å²) >= 11 is 0. The largest absolute Gasteiger partial charge is 0.462 e. The van der Waals surface area contributed by atoms with Gasteiger partial charge in [0.15, 0.2) is 0 Å². The molecular weight excluding hydrogens is 358 g/mol. The van der Waals surface area contributed by atoms with Gasteiger partial charge in [0.1, 0.15) is 11.5 Å². The number of carbonyl (C=O) groups is 2. The summed E-state index contributed by atoms with van der Waals surface area (Å²) in [6.45, 7) is 9.10. The van der Waals surface area contributed by atoms with Gasteiger partial charge in [0.25, 0.3) is 5.91 Å². The van der Waals surface area contributed by atoms with Crippen molar-refractivity contribution >= 4 is 23.4 Å². The van der Waals surface area contributed by atoms with Crippen LogP contribution in [0.15, 0.2) is 36.7 Å². The molecule has 1 amide bonds. The van der Waals surface area contributed by atoms with E-state index in [1.807, 2.05) is 0 Å². The lowest BCUT2D eigenvalue weighted by Crippen LogP contribution is -2.46. The summed E-state index contributed by atoms with van der Waals surface area (Å²) in [6.07, 6.45) is 3.13. The van der Waals surface area contributed by atoms with Crippen LogP contribution >= 0.6 is 0 Å². The number of nitrogens with zero attached hydrogens (tertiary/aromatic N) is 4. The minimum Gasteiger partial charge on any atom is -0.462 e. The molecule has 8 heteroatoms. The van der Waals surface area contributed by atoms with Crippen molar-refractivity contribution in [2.75, 3.05) is 49.5 Å². The van der Waals surface area contributed by atoms with E-state index in [1.54, 1.807) is 37.4 Å². The smallest absolute Gasteiger partial charge is 0.338 e. The van der Waals surface area contributed by atoms with E-state index in [9.17, 15) is 9.59 Å². The number of likely N-dealkylation sites (N-methyl/N-ethyl adjacent to an activating group) is 1. The highest BCUT2D eigenvalue weighted by molar-refractivity contribution is 6.03. The molecule has 28 heavy (non-hydrogen) atoms. The first-order chi connectivity index (χ1) is 13.6. The number of hydrogen-bond donors (Lipinski definition) is 1. The van der Waals surface area contributed by atoms with Gasteiger partial charge in [-0.15, -0.1) is 0 Å². The van der Waals surface area contributed by atoms with E-state index in [0.717, 1.165) is 38.5 Å². The van der Waals surface area contributed by atoms with Crippen LogP contribution < -0.4 is 10.2 Å². The van der Waals surface area contributed by atoms with Gasteiger partial charge in [-0.25, -0.2) is 14.8 Å². The first-order valence-electron chi connectivity index (χ1n) is 9.48. The van der Waals surface area contributed by atoms with Gasteiger partial charge < -0.3 is 19.9 Å². The van der Waals surface area contributed by atoms with Crippen LogP contribution in [0, 0.1) is 0 Å². The zero-order valence-electron chi connectivity index (χ0n) is 16.2. The standard InChI is InChI=1S/C20H25N5O3/c1-3-24-9-11-25(12-10-24)18-14-21-17(13-22-18)19(26)23-16-7-5-15(6-8-16)20(27)28-4-2/h5-8,13-14H,3-4,9-12H2,1-2H3,(H,23,26). The maximum Gasteiger partial charge on any atom is 0.338 e. The molecule has 1 fully saturated rings. The second-order valence-corrected chi connectivity index (χ2v) is 6.43. The number of amides is 1. The molecule has 0 radical (unpaired) electrons. The Morgan fingerprint density at radius 3 is 2.32 bits per heavy atom. The van der Waals surface area contributed by atoms with E-state index >= 15 is 0 Å². The highest BCUT2D eigenvalue weighted by Gasteiger charge is 2.18. The molecule has 1 saturated heterocycles. The fourth-order valence-corrected chi connectivity index (χ4v) is 2.99. The number of hydrogen-bond acceptors (Lipinski definition) is 7. The number of benzene rings is 1. The molecule has 1 aromatic carbocycles. The van der Waals surface area contributed by atoms with Crippen molar-refractivity contribution in [2.24, 2.45) is 0 Å². The number of aromatic nitrogens is 2. The van der Waals surface area contributed by atoms with E-state index in [4.69, 9.17) is 4.74 Å². The average molecular weight is 383 g/mol. The molecule has 2 aromatic rings. The van der Waals surface area contributed by atoms with E-state index < -0.39 is 0 Å². The normalized spacial score (nSPS) is 14.6. The van der Waals surface area contributed by atoms with E-state index in [0.29, 0.717) is 17.9 Å². The van der Waals surface area contributed by atoms with Gasteiger partial charge in [-0.1, -0.05) is 6.92 Å². The predicted octanol–water partition coefficient (Wildman–Crippen LogP) is 2.05. The van der Waals surface area contributed by atoms with Gasteiger partial charge in [-0.3, -0.25) is 4.79 Å². The third kappa shape index (κ3) is 4.83. The summed E-state index contributed by atoms with van der Waals surface area (Å²) in [5, 5.41) is 2.75. The van der Waals surface area contributed by atoms with Crippen LogP contribution in [0.25, 0.3) is 0 Å². The molecule has 0 spiro atoms. The van der Waals surface area contributed by atoms with Crippen LogP contribution in [-0.2, 0) is 4.74 Å². The molecule has 148 valence electrons. The fourth-order valence-electron chi connectivity index (χ4n) is 2.99. The van der Waals surface area contributed by atoms with Crippen molar-refractivity contribution in [2.45, 2.75) is 13.8 Å². The molecule has 0 bridgehead atoms. The van der Waals surface area contributed by atoms with Gasteiger partial charge >= 0.3 is 5.97 Å². The summed E-state index contributed by atoms with van der Waals surface area (Å²) in [5.74, 6) is 0.0476. The molecule has 0 aliphatic carbocycles. The SMILES string of the molecule is CCOC(=O)c1ccc(NC(=O)c2cnc(N3CCN(CC)CC3)cn2)cc1. The van der Waals surface area contributed by atoms with E-state index in [1.165, 1.54) is 6.20 Å². The topological polar surface area (TPSA) is 87.7 Å². The van der Waals surface area contributed by atoms with Crippen LogP contribution in [0.1, 0.15) is 34.7 Å². The lowest BCUT2D eigenvalue weighted by Gasteiger charge is -2.34. The van der Waals surface area contributed by atoms with Crippen LogP contribution in [0.5, 0.6) is 0 Å². The van der Waals surface area contributed by atoms with Gasteiger partial charge in [0, 0.05) is 31.9 Å². The average Bonchev–Trinajstić information content (AvgIpc) is 2.74. The number of piperazine rings is 1. The van der Waals surface area contributed by atoms with Crippen molar-refractivity contribution in [1.82, 2.24) is 14.9 Å². The predicted molar refractivity (Wildman–Crippen MR) is 107 cm³/mol. The first kappa shape index (κ1) is 19.8. The Hall–Kier alpha value is -3.00. The molecule has 2 heterocycles. The Bertz CT molecular complexity index is 800. The van der Waals surface area contributed by atoms with Gasteiger partial charge in [0.05, 0.1) is 24.6 Å². The summed E-state index contributed by atoms with van der Waals surface area (Å²) in [4.78, 5) is 37.3. The number of esters is 1. The van der Waals surface area contributed by atoms with Crippen LogP contribution in [-0.4, -0.2) is 66.1 Å². The molecule has 0 saturated carbocycles. The zero-order valence-corrected chi connectivity index (χ0v) is 16.2. The summed E-state index contributed by atoms with van der Waals surface area (Å²) in [7, 11) is 0. The Balaban J connectivity index is 1.58. The maximum atomic E-state index is 12.4. The Kier molecular flexibility index (Phi) is 6.54. The molecule has 3 rings (SSSR count). The minimum absolute atomic E-state index is 0.241. The Morgan fingerprint density at radius 2 is 1.75 bits per heavy atom. The number of rotatable bonds is 6. The molecule has 1 N–H and O–H groups in total. The highest BCUT2D eigenvalue weighted by Crippen LogP contribution is 2.14. The van der Waals surface area contributed by atoms with Gasteiger partial charge in [-0.2, -0.15) is 0 Å². The quantitative estimate of drug-likeness (QED) is 0.764. The monoisotopic (exact) mass is 383 g/mol. The molecular formula is C20H25N5O3. The van der Waals surface area contributed by atoms with E-state index in [-0.39, 0.29) is 17.6 Å².